The van der Waals surface area contributed by atoms with Crippen LogP contribution in [0.25, 0.3) is 0 Å². The molecule has 128 valence electrons. The maximum atomic E-state index is 14.4. The van der Waals surface area contributed by atoms with Crippen LogP contribution >= 0.6 is 0 Å². The Balaban J connectivity index is 5.38. The van der Waals surface area contributed by atoms with Gasteiger partial charge in [0.15, 0.2) is 0 Å². The van der Waals surface area contributed by atoms with Gasteiger partial charge in [-0.05, 0) is 27.2 Å². The lowest BCUT2D eigenvalue weighted by molar-refractivity contribution is -0.222. The fourth-order valence-corrected chi connectivity index (χ4v) is 4.08. The smallest absolute Gasteiger partial charge is 0.375 e. The van der Waals surface area contributed by atoms with E-state index in [1.165, 1.54) is 20.8 Å². The van der Waals surface area contributed by atoms with Gasteiger partial charge < -0.3 is 18.0 Å². The summed E-state index contributed by atoms with van der Waals surface area (Å²) in [4.78, 5) is 0. The van der Waals surface area contributed by atoms with Crippen LogP contribution in [0.15, 0.2) is 0 Å². The molecule has 4 nitrogen and oxygen atoms in total. The Morgan fingerprint density at radius 3 is 1.57 bits per heavy atom. The molecule has 0 heterocycles. The Hall–Kier alpha value is -0.223. The maximum absolute atomic E-state index is 14.4. The van der Waals surface area contributed by atoms with E-state index in [1.807, 2.05) is 0 Å². The third-order valence-electron chi connectivity index (χ3n) is 2.48. The first-order chi connectivity index (χ1) is 9.74. The number of rotatable bonds is 12. The maximum Gasteiger partial charge on any atom is 0.582 e. The molecule has 9 heteroatoms. The molecule has 0 bridgehead atoms. The van der Waals surface area contributed by atoms with Gasteiger partial charge in [-0.15, -0.1) is 0 Å². The topological polar surface area (TPSA) is 36.9 Å². The molecule has 0 fully saturated rings. The van der Waals surface area contributed by atoms with Gasteiger partial charge in [-0.2, -0.15) is 17.6 Å². The first-order valence-corrected chi connectivity index (χ1v) is 8.72. The van der Waals surface area contributed by atoms with Crippen molar-refractivity contribution in [2.45, 2.75) is 45.6 Å². The van der Waals surface area contributed by atoms with Crippen molar-refractivity contribution in [1.29, 1.82) is 0 Å². The lowest BCUT2D eigenvalue weighted by Crippen LogP contribution is -2.69. The molecule has 0 aromatic heterocycles. The number of ether oxygens (including phenoxy) is 1. The van der Waals surface area contributed by atoms with Gasteiger partial charge in [0.2, 0.25) is 0 Å². The predicted octanol–water partition coefficient (Wildman–Crippen LogP) is 3.27. The molecule has 0 unspecified atom stereocenters. The van der Waals surface area contributed by atoms with Gasteiger partial charge in [-0.3, -0.25) is 0 Å². The molecule has 0 radical (unpaired) electrons. The third kappa shape index (κ3) is 4.88. The Labute approximate surface area is 124 Å². The summed E-state index contributed by atoms with van der Waals surface area (Å²) < 4.78 is 75.8. The Morgan fingerprint density at radius 1 is 0.810 bits per heavy atom. The second-order valence-electron chi connectivity index (χ2n) is 4.19. The zero-order valence-electron chi connectivity index (χ0n) is 12.9. The van der Waals surface area contributed by atoms with Crippen molar-refractivity contribution in [3.63, 3.8) is 0 Å². The molecule has 0 atom stereocenters. The summed E-state index contributed by atoms with van der Waals surface area (Å²) in [5.41, 5.74) is -4.57. The summed E-state index contributed by atoms with van der Waals surface area (Å²) in [5.74, 6) is -4.44. The molecule has 0 aliphatic rings. The highest BCUT2D eigenvalue weighted by Gasteiger charge is 2.77. The Bertz CT molecular complexity index is 275. The zero-order valence-corrected chi connectivity index (χ0v) is 13.9. The predicted molar refractivity (Wildman–Crippen MR) is 71.6 cm³/mol. The summed E-state index contributed by atoms with van der Waals surface area (Å²) in [6.45, 7) is 3.86. The van der Waals surface area contributed by atoms with E-state index in [0.29, 0.717) is 6.42 Å². The summed E-state index contributed by atoms with van der Waals surface area (Å²) in [7, 11) is -4.88. The average Bonchev–Trinajstić information content (AvgIpc) is 2.39. The highest BCUT2D eigenvalue weighted by Crippen LogP contribution is 2.43. The Kier molecular flexibility index (Phi) is 8.94. The van der Waals surface area contributed by atoms with E-state index in [0.717, 1.165) is 0 Å². The summed E-state index contributed by atoms with van der Waals surface area (Å²) in [6, 6.07) is 0. The largest absolute Gasteiger partial charge is 0.582 e. The molecule has 21 heavy (non-hydrogen) atoms. The molecular formula is C12H24F4O4Si. The second kappa shape index (κ2) is 9.04. The van der Waals surface area contributed by atoms with E-state index in [2.05, 4.69) is 4.74 Å². The fourth-order valence-electron chi connectivity index (χ4n) is 1.63. The van der Waals surface area contributed by atoms with Crippen molar-refractivity contribution in [3.05, 3.63) is 0 Å². The van der Waals surface area contributed by atoms with E-state index < -0.39 is 26.9 Å². The number of alkyl halides is 4. The van der Waals surface area contributed by atoms with E-state index in [4.69, 9.17) is 13.3 Å². The van der Waals surface area contributed by atoms with Crippen LogP contribution < -0.4 is 0 Å². The second-order valence-corrected chi connectivity index (χ2v) is 6.79. The van der Waals surface area contributed by atoms with Crippen LogP contribution in [0.3, 0.4) is 0 Å². The molecule has 0 N–H and O–H groups in total. The van der Waals surface area contributed by atoms with Crippen LogP contribution in [-0.4, -0.2) is 53.3 Å². The summed E-state index contributed by atoms with van der Waals surface area (Å²) in [5, 5.41) is 0. The fraction of sp³-hybridized carbons (Fsp3) is 1.00. The standard InChI is InChI=1S/C12H24F4O4Si/c1-5-9-17-10-11(13,14)12(15,16)21(18-6-2,19-7-3)20-8-4/h5-10H2,1-4H3. The van der Waals surface area contributed by atoms with Crippen LogP contribution in [0.2, 0.25) is 0 Å². The average molecular weight is 336 g/mol. The van der Waals surface area contributed by atoms with Crippen molar-refractivity contribution in [2.24, 2.45) is 0 Å². The third-order valence-corrected chi connectivity index (χ3v) is 5.62. The van der Waals surface area contributed by atoms with Gasteiger partial charge in [0.1, 0.15) is 6.61 Å². The van der Waals surface area contributed by atoms with Gasteiger partial charge in [0, 0.05) is 26.4 Å². The highest BCUT2D eigenvalue weighted by atomic mass is 28.4. The molecule has 0 aliphatic heterocycles. The van der Waals surface area contributed by atoms with Crippen LogP contribution in [0, 0.1) is 0 Å². The van der Waals surface area contributed by atoms with Crippen molar-refractivity contribution >= 4 is 8.80 Å². The van der Waals surface area contributed by atoms with Gasteiger partial charge in [-0.25, -0.2) is 0 Å². The van der Waals surface area contributed by atoms with Crippen molar-refractivity contribution < 1.29 is 35.6 Å². The van der Waals surface area contributed by atoms with Gasteiger partial charge in [-0.1, -0.05) is 6.92 Å². The van der Waals surface area contributed by atoms with Crippen LogP contribution in [0.4, 0.5) is 17.6 Å². The SMILES string of the molecule is CCCOCC(F)(F)C(F)(F)[Si](OCC)(OCC)OCC. The number of halogens is 4. The summed E-state index contributed by atoms with van der Waals surface area (Å²) >= 11 is 0. The first-order valence-electron chi connectivity index (χ1n) is 6.99. The normalized spacial score (nSPS) is 13.7. The number of hydrogen-bond acceptors (Lipinski definition) is 4. The zero-order chi connectivity index (χ0) is 16.6. The van der Waals surface area contributed by atoms with E-state index in [9.17, 15) is 17.6 Å². The van der Waals surface area contributed by atoms with Crippen LogP contribution in [0.5, 0.6) is 0 Å². The van der Waals surface area contributed by atoms with Gasteiger partial charge >= 0.3 is 20.3 Å². The van der Waals surface area contributed by atoms with Crippen molar-refractivity contribution in [1.82, 2.24) is 0 Å². The molecule has 0 spiro atoms. The van der Waals surface area contributed by atoms with E-state index in [1.54, 1.807) is 6.92 Å². The minimum Gasteiger partial charge on any atom is -0.375 e. The quantitative estimate of drug-likeness (QED) is 0.311. The molecule has 0 rings (SSSR count). The number of hydrogen-bond donors (Lipinski definition) is 0. The van der Waals surface area contributed by atoms with E-state index >= 15 is 0 Å². The minimum atomic E-state index is -4.88. The van der Waals surface area contributed by atoms with Crippen molar-refractivity contribution in [3.8, 4) is 0 Å². The van der Waals surface area contributed by atoms with Crippen LogP contribution in [0.1, 0.15) is 34.1 Å². The van der Waals surface area contributed by atoms with E-state index in [-0.39, 0.29) is 26.4 Å². The molecular weight excluding hydrogens is 312 g/mol. The molecule has 0 saturated carbocycles. The first kappa shape index (κ1) is 20.8. The molecule has 0 aromatic carbocycles. The van der Waals surface area contributed by atoms with Gasteiger partial charge in [0.25, 0.3) is 0 Å². The molecule has 0 aromatic rings. The van der Waals surface area contributed by atoms with Gasteiger partial charge in [0.05, 0.1) is 0 Å². The lowest BCUT2D eigenvalue weighted by Gasteiger charge is -2.38. The molecule has 0 amide bonds. The molecule has 0 aliphatic carbocycles. The highest BCUT2D eigenvalue weighted by molar-refractivity contribution is 6.63. The monoisotopic (exact) mass is 336 g/mol. The van der Waals surface area contributed by atoms with Crippen LogP contribution in [-0.2, 0) is 18.0 Å². The summed E-state index contributed by atoms with van der Waals surface area (Å²) in [6.07, 6.45) is 0.451. The Morgan fingerprint density at radius 2 is 1.24 bits per heavy atom. The molecule has 0 saturated heterocycles. The van der Waals surface area contributed by atoms with Crippen molar-refractivity contribution in [2.75, 3.05) is 33.0 Å². The lowest BCUT2D eigenvalue weighted by atomic mass is 10.4. The minimum absolute atomic E-state index is 0.0296.